The van der Waals surface area contributed by atoms with E-state index in [4.69, 9.17) is 5.73 Å². The van der Waals surface area contributed by atoms with Gasteiger partial charge in [0.25, 0.3) is 11.8 Å². The minimum absolute atomic E-state index is 0.137. The topological polar surface area (TPSA) is 114 Å². The molecule has 4 rings (SSSR count). The van der Waals surface area contributed by atoms with Crippen LogP contribution >= 0.6 is 0 Å². The Morgan fingerprint density at radius 2 is 2.10 bits per heavy atom. The van der Waals surface area contributed by atoms with Gasteiger partial charge >= 0.3 is 0 Å². The number of primary amides is 1. The predicted octanol–water partition coefficient (Wildman–Crippen LogP) is 0.773. The number of rotatable bonds is 2. The van der Waals surface area contributed by atoms with E-state index in [9.17, 15) is 14.7 Å². The summed E-state index contributed by atoms with van der Waals surface area (Å²) in [6, 6.07) is 10.7. The van der Waals surface area contributed by atoms with Gasteiger partial charge in [-0.1, -0.05) is 17.9 Å². The number of likely N-dealkylation sites (tertiary alicyclic amines) is 1. The molecule has 1 aromatic carbocycles. The second-order valence-corrected chi connectivity index (χ2v) is 7.09. The monoisotopic (exact) mass is 389 g/mol. The van der Waals surface area contributed by atoms with Crippen molar-refractivity contribution in [3.8, 4) is 17.5 Å². The van der Waals surface area contributed by atoms with Crippen LogP contribution in [0.25, 0.3) is 16.7 Å². The highest BCUT2D eigenvalue weighted by Gasteiger charge is 2.42. The van der Waals surface area contributed by atoms with Gasteiger partial charge in [-0.05, 0) is 37.3 Å². The number of hydrogen-bond acceptors (Lipinski definition) is 5. The number of amides is 2. The van der Waals surface area contributed by atoms with Gasteiger partial charge in [0.05, 0.1) is 11.1 Å². The zero-order valence-corrected chi connectivity index (χ0v) is 16.0. The first-order valence-corrected chi connectivity index (χ1v) is 9.06. The van der Waals surface area contributed by atoms with E-state index in [0.29, 0.717) is 28.8 Å². The van der Waals surface area contributed by atoms with E-state index in [0.717, 1.165) is 5.69 Å². The van der Waals surface area contributed by atoms with Crippen molar-refractivity contribution in [2.24, 2.45) is 5.73 Å². The third kappa shape index (κ3) is 3.22. The smallest absolute Gasteiger partial charge is 0.269 e. The summed E-state index contributed by atoms with van der Waals surface area (Å²) < 4.78 is 1.54. The summed E-state index contributed by atoms with van der Waals surface area (Å²) in [5.74, 6) is 4.54. The van der Waals surface area contributed by atoms with E-state index >= 15 is 0 Å². The number of aromatic nitrogens is 3. The van der Waals surface area contributed by atoms with Crippen LogP contribution in [-0.4, -0.2) is 55.8 Å². The van der Waals surface area contributed by atoms with Gasteiger partial charge < -0.3 is 15.7 Å². The van der Waals surface area contributed by atoms with Crippen LogP contribution in [0.3, 0.4) is 0 Å². The van der Waals surface area contributed by atoms with Gasteiger partial charge in [-0.15, -0.1) is 0 Å². The molecule has 1 fully saturated rings. The van der Waals surface area contributed by atoms with Gasteiger partial charge in [-0.2, -0.15) is 5.10 Å². The largest absolute Gasteiger partial charge is 0.369 e. The summed E-state index contributed by atoms with van der Waals surface area (Å²) in [4.78, 5) is 29.8. The lowest BCUT2D eigenvalue weighted by Crippen LogP contribution is -2.37. The van der Waals surface area contributed by atoms with E-state index < -0.39 is 17.4 Å². The Morgan fingerprint density at radius 3 is 2.79 bits per heavy atom. The molecule has 0 aliphatic carbocycles. The van der Waals surface area contributed by atoms with E-state index in [1.165, 1.54) is 9.58 Å². The summed E-state index contributed by atoms with van der Waals surface area (Å²) in [6.45, 7) is 2.31. The van der Waals surface area contributed by atoms with Crippen LogP contribution in [0, 0.1) is 18.8 Å². The number of aryl methyl sites for hydroxylation is 1. The van der Waals surface area contributed by atoms with Crippen LogP contribution in [0.2, 0.25) is 0 Å². The summed E-state index contributed by atoms with van der Waals surface area (Å²) >= 11 is 0. The van der Waals surface area contributed by atoms with Crippen molar-refractivity contribution in [3.05, 3.63) is 53.3 Å². The highest BCUT2D eigenvalue weighted by molar-refractivity contribution is 6.03. The highest BCUT2D eigenvalue weighted by atomic mass is 16.3. The third-order valence-electron chi connectivity index (χ3n) is 4.92. The number of carbonyl (C=O) groups is 2. The van der Waals surface area contributed by atoms with Crippen LogP contribution in [0.1, 0.15) is 28.2 Å². The third-order valence-corrected chi connectivity index (χ3v) is 4.92. The first-order valence-electron chi connectivity index (χ1n) is 9.06. The van der Waals surface area contributed by atoms with Gasteiger partial charge in [-0.3, -0.25) is 9.59 Å². The Hall–Kier alpha value is -3.70. The molecular weight excluding hydrogens is 370 g/mol. The van der Waals surface area contributed by atoms with Crippen molar-refractivity contribution in [3.63, 3.8) is 0 Å². The predicted molar refractivity (Wildman–Crippen MR) is 106 cm³/mol. The number of pyridine rings is 1. The van der Waals surface area contributed by atoms with Gasteiger partial charge in [0, 0.05) is 31.3 Å². The van der Waals surface area contributed by atoms with Gasteiger partial charge in [-0.25, -0.2) is 9.67 Å². The molecule has 0 bridgehead atoms. The number of nitrogens with two attached hydrogens (primary N) is 1. The first-order chi connectivity index (χ1) is 13.8. The number of fused-ring (bicyclic) bond motifs is 1. The van der Waals surface area contributed by atoms with Crippen LogP contribution in [-0.2, 0) is 4.79 Å². The molecule has 1 aliphatic rings. The summed E-state index contributed by atoms with van der Waals surface area (Å²) in [6.07, 6.45) is 0.268. The Labute approximate surface area is 166 Å². The fourth-order valence-corrected chi connectivity index (χ4v) is 3.31. The lowest BCUT2D eigenvalue weighted by Gasteiger charge is -2.13. The number of likely N-dealkylation sites (N-methyl/N-ethyl adjacent to an activating group) is 1. The molecule has 1 unspecified atom stereocenters. The zero-order valence-electron chi connectivity index (χ0n) is 16.0. The Morgan fingerprint density at radius 1 is 1.31 bits per heavy atom. The van der Waals surface area contributed by atoms with E-state index in [1.807, 2.05) is 6.92 Å². The first kappa shape index (κ1) is 18.7. The summed E-state index contributed by atoms with van der Waals surface area (Å²) in [5, 5.41) is 15.4. The quantitative estimate of drug-likeness (QED) is 0.629. The molecule has 8 nitrogen and oxygen atoms in total. The minimum Gasteiger partial charge on any atom is -0.369 e. The van der Waals surface area contributed by atoms with Crippen molar-refractivity contribution >= 4 is 22.8 Å². The second kappa shape index (κ2) is 6.72. The van der Waals surface area contributed by atoms with Crippen LogP contribution in [0.15, 0.2) is 36.4 Å². The van der Waals surface area contributed by atoms with Crippen LogP contribution in [0.4, 0.5) is 0 Å². The molecule has 3 N–H and O–H groups in total. The van der Waals surface area contributed by atoms with Crippen LogP contribution < -0.4 is 5.73 Å². The van der Waals surface area contributed by atoms with Crippen molar-refractivity contribution in [2.75, 3.05) is 13.6 Å². The molecule has 2 amide bonds. The molecule has 0 saturated carbocycles. The number of nitrogens with zero attached hydrogens (tertiary/aromatic N) is 4. The van der Waals surface area contributed by atoms with E-state index in [2.05, 4.69) is 21.9 Å². The Kier molecular flexibility index (Phi) is 4.32. The number of benzene rings is 1. The summed E-state index contributed by atoms with van der Waals surface area (Å²) in [7, 11) is 1.64. The molecule has 0 radical (unpaired) electrons. The molecule has 3 aromatic rings. The molecule has 1 saturated heterocycles. The average molecular weight is 389 g/mol. The molecule has 3 heterocycles. The second-order valence-electron chi connectivity index (χ2n) is 7.09. The molecule has 1 aliphatic heterocycles. The Balaban J connectivity index is 1.78. The number of hydrogen-bond donors (Lipinski definition) is 2. The van der Waals surface area contributed by atoms with Crippen molar-refractivity contribution < 1.29 is 14.7 Å². The van der Waals surface area contributed by atoms with E-state index in [1.54, 1.807) is 43.4 Å². The van der Waals surface area contributed by atoms with Gasteiger partial charge in [0.15, 0.2) is 11.3 Å². The molecule has 0 spiro atoms. The Bertz CT molecular complexity index is 1220. The fraction of sp³-hybridized carbons (Fsp3) is 0.238. The van der Waals surface area contributed by atoms with E-state index in [-0.39, 0.29) is 12.1 Å². The normalized spacial score (nSPS) is 18.7. The molecule has 146 valence electrons. The SMILES string of the molecule is Cc1ccc2c(C(N)=O)nn(-c3cccc(C#CC4(O)CCN(C)C4=O)c3)c2n1. The number of carbonyl (C=O) groups excluding carboxylic acids is 2. The molecular formula is C21H19N5O3. The van der Waals surface area contributed by atoms with Gasteiger partial charge in [0.2, 0.25) is 5.60 Å². The minimum atomic E-state index is -1.67. The highest BCUT2D eigenvalue weighted by Crippen LogP contribution is 2.23. The van der Waals surface area contributed by atoms with Crippen molar-refractivity contribution in [1.82, 2.24) is 19.7 Å². The lowest BCUT2D eigenvalue weighted by atomic mass is 10.0. The molecule has 8 heteroatoms. The van der Waals surface area contributed by atoms with Crippen LogP contribution in [0.5, 0.6) is 0 Å². The zero-order chi connectivity index (χ0) is 20.8. The molecule has 1 atom stereocenters. The molecule has 29 heavy (non-hydrogen) atoms. The fourth-order valence-electron chi connectivity index (χ4n) is 3.31. The molecule has 2 aromatic heterocycles. The van der Waals surface area contributed by atoms with Gasteiger partial charge in [0.1, 0.15) is 0 Å². The lowest BCUT2D eigenvalue weighted by molar-refractivity contribution is -0.137. The van der Waals surface area contributed by atoms with Crippen molar-refractivity contribution in [1.29, 1.82) is 0 Å². The standard InChI is InChI=1S/C21H19N5O3/c1-13-6-7-16-17(18(22)27)24-26(19(16)23-13)15-5-3-4-14(12-15)8-9-21(29)10-11-25(2)20(21)28/h3-7,12,29H,10-11H2,1-2H3,(H2,22,27). The maximum absolute atomic E-state index is 12.1. The van der Waals surface area contributed by atoms with Crippen molar-refractivity contribution in [2.45, 2.75) is 18.9 Å². The maximum Gasteiger partial charge on any atom is 0.269 e. The maximum atomic E-state index is 12.1. The number of aliphatic hydroxyl groups is 1. The summed E-state index contributed by atoms with van der Waals surface area (Å²) in [5.41, 5.74) is 6.45. The average Bonchev–Trinajstić information content (AvgIpc) is 3.20.